The molecule has 0 spiro atoms. The molecule has 0 aliphatic carbocycles. The van der Waals surface area contributed by atoms with Crippen molar-refractivity contribution in [3.8, 4) is 11.3 Å². The zero-order chi connectivity index (χ0) is 12.1. The molecule has 0 aliphatic heterocycles. The molecule has 0 amide bonds. The van der Waals surface area contributed by atoms with Gasteiger partial charge in [0.2, 0.25) is 0 Å². The second-order valence-corrected chi connectivity index (χ2v) is 4.86. The summed E-state index contributed by atoms with van der Waals surface area (Å²) >= 11 is 1.75. The van der Waals surface area contributed by atoms with Gasteiger partial charge in [-0.25, -0.2) is 4.98 Å². The van der Waals surface area contributed by atoms with E-state index < -0.39 is 0 Å². The lowest BCUT2D eigenvalue weighted by Crippen LogP contribution is -2.16. The Morgan fingerprint density at radius 1 is 1.35 bits per heavy atom. The first kappa shape index (κ1) is 12.2. The fourth-order valence-electron chi connectivity index (χ4n) is 1.78. The lowest BCUT2D eigenvalue weighted by Gasteiger charge is -2.10. The summed E-state index contributed by atoms with van der Waals surface area (Å²) in [6, 6.07) is 4.00. The Hall–Kier alpha value is -1.26. The molecule has 2 rings (SSSR count). The predicted molar refractivity (Wildman–Crippen MR) is 72.3 cm³/mol. The van der Waals surface area contributed by atoms with Crippen LogP contribution in [0.25, 0.3) is 11.3 Å². The molecular formula is C13H17N3S. The van der Waals surface area contributed by atoms with Crippen molar-refractivity contribution in [2.45, 2.75) is 19.3 Å². The minimum Gasteiger partial charge on any atom is -0.319 e. The molecule has 17 heavy (non-hydrogen) atoms. The topological polar surface area (TPSA) is 37.8 Å². The summed E-state index contributed by atoms with van der Waals surface area (Å²) in [7, 11) is 1.99. The van der Waals surface area contributed by atoms with Gasteiger partial charge in [-0.1, -0.05) is 6.92 Å². The summed E-state index contributed by atoms with van der Waals surface area (Å²) in [6.07, 6.45) is 4.72. The van der Waals surface area contributed by atoms with Crippen molar-refractivity contribution in [1.82, 2.24) is 15.3 Å². The maximum Gasteiger partial charge on any atom is 0.0976 e. The molecule has 0 fully saturated rings. The average molecular weight is 247 g/mol. The molecule has 0 aromatic carbocycles. The first-order valence-electron chi connectivity index (χ1n) is 5.85. The van der Waals surface area contributed by atoms with E-state index in [-0.39, 0.29) is 0 Å². The Balaban J connectivity index is 2.21. The van der Waals surface area contributed by atoms with Crippen LogP contribution in [-0.4, -0.2) is 23.6 Å². The number of pyridine rings is 1. The lowest BCUT2D eigenvalue weighted by atomic mass is 10.1. The number of rotatable bonds is 5. The standard InChI is InChI=1S/C13H17N3S/c1-3-10(8-14-2)13-16-12(9-17-13)11-4-6-15-7-5-11/h4-7,9-10,14H,3,8H2,1-2H3. The molecule has 0 radical (unpaired) electrons. The van der Waals surface area contributed by atoms with Gasteiger partial charge >= 0.3 is 0 Å². The van der Waals surface area contributed by atoms with Crippen LogP contribution < -0.4 is 5.32 Å². The van der Waals surface area contributed by atoms with E-state index in [0.717, 1.165) is 24.2 Å². The van der Waals surface area contributed by atoms with E-state index in [4.69, 9.17) is 4.98 Å². The number of thiazole rings is 1. The number of hydrogen-bond acceptors (Lipinski definition) is 4. The minimum absolute atomic E-state index is 0.514. The van der Waals surface area contributed by atoms with Crippen molar-refractivity contribution in [3.63, 3.8) is 0 Å². The zero-order valence-electron chi connectivity index (χ0n) is 10.2. The Morgan fingerprint density at radius 2 is 2.12 bits per heavy atom. The Kier molecular flexibility index (Phi) is 4.23. The van der Waals surface area contributed by atoms with Crippen LogP contribution in [0.2, 0.25) is 0 Å². The summed E-state index contributed by atoms with van der Waals surface area (Å²) in [4.78, 5) is 8.75. The molecule has 2 heterocycles. The molecule has 2 aromatic heterocycles. The van der Waals surface area contributed by atoms with Gasteiger partial charge in [-0.05, 0) is 25.6 Å². The number of likely N-dealkylation sites (N-methyl/N-ethyl adjacent to an activating group) is 1. The van der Waals surface area contributed by atoms with Crippen LogP contribution in [0.15, 0.2) is 29.9 Å². The largest absolute Gasteiger partial charge is 0.319 e. The van der Waals surface area contributed by atoms with Crippen LogP contribution in [0.1, 0.15) is 24.3 Å². The van der Waals surface area contributed by atoms with Gasteiger partial charge in [0.25, 0.3) is 0 Å². The fourth-order valence-corrected chi connectivity index (χ4v) is 2.80. The number of nitrogens with zero attached hydrogens (tertiary/aromatic N) is 2. The number of hydrogen-bond donors (Lipinski definition) is 1. The molecule has 0 saturated heterocycles. The van der Waals surface area contributed by atoms with Crippen LogP contribution in [0.5, 0.6) is 0 Å². The highest BCUT2D eigenvalue weighted by molar-refractivity contribution is 7.10. The van der Waals surface area contributed by atoms with Crippen molar-refractivity contribution in [2.24, 2.45) is 0 Å². The molecule has 0 aliphatic rings. The highest BCUT2D eigenvalue weighted by Gasteiger charge is 2.13. The maximum atomic E-state index is 4.72. The third-order valence-electron chi connectivity index (χ3n) is 2.79. The molecule has 1 N–H and O–H groups in total. The minimum atomic E-state index is 0.514. The van der Waals surface area contributed by atoms with Crippen LogP contribution in [0.3, 0.4) is 0 Å². The summed E-state index contributed by atoms with van der Waals surface area (Å²) in [5.41, 5.74) is 2.20. The Labute approximate surface area is 106 Å². The summed E-state index contributed by atoms with van der Waals surface area (Å²) in [6.45, 7) is 3.19. The first-order valence-corrected chi connectivity index (χ1v) is 6.73. The van der Waals surface area contributed by atoms with E-state index in [9.17, 15) is 0 Å². The monoisotopic (exact) mass is 247 g/mol. The predicted octanol–water partition coefficient (Wildman–Crippen LogP) is 2.92. The normalized spacial score (nSPS) is 12.6. The quantitative estimate of drug-likeness (QED) is 0.882. The third kappa shape index (κ3) is 2.90. The lowest BCUT2D eigenvalue weighted by molar-refractivity contribution is 0.609. The summed E-state index contributed by atoms with van der Waals surface area (Å²) in [5.74, 6) is 0.514. The van der Waals surface area contributed by atoms with Gasteiger partial charge in [0.15, 0.2) is 0 Å². The summed E-state index contributed by atoms with van der Waals surface area (Å²) < 4.78 is 0. The van der Waals surface area contributed by atoms with E-state index in [1.165, 1.54) is 5.01 Å². The SMILES string of the molecule is CCC(CNC)c1nc(-c2ccncc2)cs1. The van der Waals surface area contributed by atoms with E-state index in [2.05, 4.69) is 22.6 Å². The Morgan fingerprint density at radius 3 is 2.76 bits per heavy atom. The molecule has 90 valence electrons. The highest BCUT2D eigenvalue weighted by atomic mass is 32.1. The molecule has 4 heteroatoms. The molecule has 2 aromatic rings. The highest BCUT2D eigenvalue weighted by Crippen LogP contribution is 2.27. The molecule has 3 nitrogen and oxygen atoms in total. The van der Waals surface area contributed by atoms with E-state index >= 15 is 0 Å². The molecule has 1 unspecified atom stereocenters. The van der Waals surface area contributed by atoms with Gasteiger partial charge in [0.1, 0.15) is 0 Å². The van der Waals surface area contributed by atoms with E-state index in [1.54, 1.807) is 23.7 Å². The smallest absolute Gasteiger partial charge is 0.0976 e. The van der Waals surface area contributed by atoms with Crippen molar-refractivity contribution < 1.29 is 0 Å². The van der Waals surface area contributed by atoms with Crippen LogP contribution >= 0.6 is 11.3 Å². The molecule has 0 saturated carbocycles. The summed E-state index contributed by atoms with van der Waals surface area (Å²) in [5, 5.41) is 6.57. The zero-order valence-corrected chi connectivity index (χ0v) is 11.0. The van der Waals surface area contributed by atoms with Gasteiger partial charge in [-0.15, -0.1) is 11.3 Å². The fraction of sp³-hybridized carbons (Fsp3) is 0.385. The van der Waals surface area contributed by atoms with Gasteiger partial charge < -0.3 is 5.32 Å². The van der Waals surface area contributed by atoms with Crippen molar-refractivity contribution >= 4 is 11.3 Å². The van der Waals surface area contributed by atoms with E-state index in [1.807, 2.05) is 19.2 Å². The number of aromatic nitrogens is 2. The van der Waals surface area contributed by atoms with Crippen molar-refractivity contribution in [1.29, 1.82) is 0 Å². The maximum absolute atomic E-state index is 4.72. The average Bonchev–Trinajstić information content (AvgIpc) is 2.86. The second-order valence-electron chi connectivity index (χ2n) is 3.97. The molecule has 0 bridgehead atoms. The van der Waals surface area contributed by atoms with Crippen LogP contribution in [0.4, 0.5) is 0 Å². The van der Waals surface area contributed by atoms with Crippen molar-refractivity contribution in [3.05, 3.63) is 34.9 Å². The Bertz CT molecular complexity index is 453. The van der Waals surface area contributed by atoms with Gasteiger partial charge in [0.05, 0.1) is 10.7 Å². The second kappa shape index (κ2) is 5.89. The number of nitrogens with one attached hydrogen (secondary N) is 1. The van der Waals surface area contributed by atoms with Gasteiger partial charge in [0, 0.05) is 35.8 Å². The molecule has 1 atom stereocenters. The molecular weight excluding hydrogens is 230 g/mol. The third-order valence-corrected chi connectivity index (χ3v) is 3.80. The van der Waals surface area contributed by atoms with E-state index in [0.29, 0.717) is 5.92 Å². The van der Waals surface area contributed by atoms with Crippen LogP contribution in [-0.2, 0) is 0 Å². The van der Waals surface area contributed by atoms with Gasteiger partial charge in [-0.2, -0.15) is 0 Å². The van der Waals surface area contributed by atoms with Crippen LogP contribution in [0, 0.1) is 0 Å². The first-order chi connectivity index (χ1) is 8.35. The van der Waals surface area contributed by atoms with Crippen molar-refractivity contribution in [2.75, 3.05) is 13.6 Å². The van der Waals surface area contributed by atoms with Gasteiger partial charge in [-0.3, -0.25) is 4.98 Å².